The molecule has 1 saturated heterocycles. The van der Waals surface area contributed by atoms with E-state index in [9.17, 15) is 4.79 Å². The van der Waals surface area contributed by atoms with Crippen molar-refractivity contribution in [1.82, 2.24) is 10.3 Å². The van der Waals surface area contributed by atoms with E-state index in [0.717, 1.165) is 53.1 Å². The largest absolute Gasteiger partial charge is 0.383 e. The first kappa shape index (κ1) is 20.5. The zero-order valence-electron chi connectivity index (χ0n) is 18.5. The average molecular weight is 429 g/mol. The third kappa shape index (κ3) is 3.82. The fourth-order valence-corrected chi connectivity index (χ4v) is 4.44. The summed E-state index contributed by atoms with van der Waals surface area (Å²) >= 11 is 0. The van der Waals surface area contributed by atoms with Crippen LogP contribution in [0.2, 0.25) is 0 Å². The van der Waals surface area contributed by atoms with E-state index in [2.05, 4.69) is 59.4 Å². The number of carbonyl (C=O) groups excluding carboxylic acids is 1. The Labute approximate surface area is 188 Å². The topological polar surface area (TPSA) is 80.5 Å². The SMILES string of the molecule is CC(C)[C@H]1CN(c2ccc(-c3cnc(N)c(-c4ccc5c(c4)CNC5=O)c3)cc2)CCO1. The second-order valence-corrected chi connectivity index (χ2v) is 8.86. The predicted octanol–water partition coefficient (Wildman–Crippen LogP) is 4.10. The highest BCUT2D eigenvalue weighted by Gasteiger charge is 2.23. The Balaban J connectivity index is 1.41. The summed E-state index contributed by atoms with van der Waals surface area (Å²) in [6.07, 6.45) is 2.08. The minimum atomic E-state index is -0.0218. The number of ether oxygens (including phenoxy) is 1. The maximum Gasteiger partial charge on any atom is 0.251 e. The van der Waals surface area contributed by atoms with Gasteiger partial charge in [0.05, 0.1) is 12.7 Å². The monoisotopic (exact) mass is 428 g/mol. The lowest BCUT2D eigenvalue weighted by Crippen LogP contribution is -2.44. The van der Waals surface area contributed by atoms with Crippen LogP contribution in [0.4, 0.5) is 11.5 Å². The summed E-state index contributed by atoms with van der Waals surface area (Å²) < 4.78 is 5.90. The van der Waals surface area contributed by atoms with Gasteiger partial charge in [0.2, 0.25) is 0 Å². The molecule has 164 valence electrons. The van der Waals surface area contributed by atoms with Gasteiger partial charge in [0.1, 0.15) is 5.82 Å². The molecule has 1 atom stereocenters. The number of hydrogen-bond acceptors (Lipinski definition) is 5. The Kier molecular flexibility index (Phi) is 5.31. The smallest absolute Gasteiger partial charge is 0.251 e. The van der Waals surface area contributed by atoms with Crippen molar-refractivity contribution < 1.29 is 9.53 Å². The Morgan fingerprint density at radius 1 is 1.06 bits per heavy atom. The standard InChI is InChI=1S/C26H28N4O2/c1-16(2)24-15-30(9-10-32-24)21-6-3-17(4-7-21)19-12-23(25(27)28-13-19)18-5-8-22-20(11-18)14-29-26(22)31/h3-8,11-13,16,24H,9-10,14-15H2,1-2H3,(H2,27,28)(H,29,31)/t24-/m1/s1. The van der Waals surface area contributed by atoms with Gasteiger partial charge in [-0.05, 0) is 52.9 Å². The molecule has 2 aliphatic heterocycles. The molecular formula is C26H28N4O2. The average Bonchev–Trinajstić information content (AvgIpc) is 3.19. The normalized spacial score (nSPS) is 18.0. The summed E-state index contributed by atoms with van der Waals surface area (Å²) in [4.78, 5) is 18.7. The van der Waals surface area contributed by atoms with Gasteiger partial charge < -0.3 is 20.7 Å². The highest BCUT2D eigenvalue weighted by atomic mass is 16.5. The van der Waals surface area contributed by atoms with Gasteiger partial charge in [0.25, 0.3) is 5.91 Å². The molecular weight excluding hydrogens is 400 g/mol. The Bertz CT molecular complexity index is 1160. The molecule has 6 heteroatoms. The molecule has 0 unspecified atom stereocenters. The quantitative estimate of drug-likeness (QED) is 0.654. The lowest BCUT2D eigenvalue weighted by atomic mass is 9.98. The van der Waals surface area contributed by atoms with E-state index in [1.165, 1.54) is 5.69 Å². The van der Waals surface area contributed by atoms with Crippen molar-refractivity contribution in [1.29, 1.82) is 0 Å². The van der Waals surface area contributed by atoms with Gasteiger partial charge in [-0.2, -0.15) is 0 Å². The fraction of sp³-hybridized carbons (Fsp3) is 0.308. The Hall–Kier alpha value is -3.38. The molecule has 0 saturated carbocycles. The molecule has 0 aliphatic carbocycles. The second kappa shape index (κ2) is 8.28. The van der Waals surface area contributed by atoms with E-state index >= 15 is 0 Å². The maximum atomic E-state index is 11.9. The summed E-state index contributed by atoms with van der Waals surface area (Å²) in [7, 11) is 0. The summed E-state index contributed by atoms with van der Waals surface area (Å²) in [5, 5.41) is 2.86. The third-order valence-corrected chi connectivity index (χ3v) is 6.42. The van der Waals surface area contributed by atoms with Crippen LogP contribution in [0.25, 0.3) is 22.3 Å². The van der Waals surface area contributed by atoms with E-state index in [1.807, 2.05) is 24.4 Å². The lowest BCUT2D eigenvalue weighted by molar-refractivity contribution is 0.0114. The predicted molar refractivity (Wildman–Crippen MR) is 127 cm³/mol. The number of benzene rings is 2. The number of nitrogens with zero attached hydrogens (tertiary/aromatic N) is 2. The summed E-state index contributed by atoms with van der Waals surface area (Å²) in [5.41, 5.74) is 13.1. The lowest BCUT2D eigenvalue weighted by Gasteiger charge is -2.36. The number of anilines is 2. The van der Waals surface area contributed by atoms with Gasteiger partial charge in [-0.25, -0.2) is 4.98 Å². The molecule has 32 heavy (non-hydrogen) atoms. The molecule has 1 fully saturated rings. The first-order valence-corrected chi connectivity index (χ1v) is 11.1. The van der Waals surface area contributed by atoms with Crippen LogP contribution in [0.5, 0.6) is 0 Å². The number of nitrogens with two attached hydrogens (primary N) is 1. The van der Waals surface area contributed by atoms with Crippen molar-refractivity contribution in [3.05, 3.63) is 65.9 Å². The summed E-state index contributed by atoms with van der Waals surface area (Å²) in [5.74, 6) is 0.964. The van der Waals surface area contributed by atoms with E-state index in [-0.39, 0.29) is 12.0 Å². The fourth-order valence-electron chi connectivity index (χ4n) is 4.44. The number of nitrogen functional groups attached to an aromatic ring is 1. The van der Waals surface area contributed by atoms with Crippen LogP contribution >= 0.6 is 0 Å². The van der Waals surface area contributed by atoms with Crippen molar-refractivity contribution in [2.45, 2.75) is 26.5 Å². The minimum Gasteiger partial charge on any atom is -0.383 e. The van der Waals surface area contributed by atoms with Gasteiger partial charge >= 0.3 is 0 Å². The first-order valence-electron chi connectivity index (χ1n) is 11.1. The number of carbonyl (C=O) groups is 1. The van der Waals surface area contributed by atoms with E-state index in [4.69, 9.17) is 10.5 Å². The van der Waals surface area contributed by atoms with Gasteiger partial charge in [0, 0.05) is 48.2 Å². The third-order valence-electron chi connectivity index (χ3n) is 6.42. The van der Waals surface area contributed by atoms with Crippen LogP contribution in [0, 0.1) is 5.92 Å². The minimum absolute atomic E-state index is 0.0218. The van der Waals surface area contributed by atoms with E-state index in [1.54, 1.807) is 0 Å². The zero-order chi connectivity index (χ0) is 22.2. The zero-order valence-corrected chi connectivity index (χ0v) is 18.5. The number of amides is 1. The molecule has 3 N–H and O–H groups in total. The van der Waals surface area contributed by atoms with Crippen molar-refractivity contribution in [3.63, 3.8) is 0 Å². The molecule has 2 aliphatic rings. The van der Waals surface area contributed by atoms with Gasteiger partial charge in [-0.3, -0.25) is 4.79 Å². The number of nitrogens with one attached hydrogen (secondary N) is 1. The molecule has 0 radical (unpaired) electrons. The summed E-state index contributed by atoms with van der Waals surface area (Å²) in [6, 6.07) is 16.5. The first-order chi connectivity index (χ1) is 15.5. The molecule has 1 amide bonds. The van der Waals surface area contributed by atoms with Crippen LogP contribution in [-0.2, 0) is 11.3 Å². The molecule has 1 aromatic heterocycles. The highest BCUT2D eigenvalue weighted by molar-refractivity contribution is 5.99. The van der Waals surface area contributed by atoms with Gasteiger partial charge in [0.15, 0.2) is 0 Å². The van der Waals surface area contributed by atoms with Crippen LogP contribution in [0.3, 0.4) is 0 Å². The number of fused-ring (bicyclic) bond motifs is 1. The van der Waals surface area contributed by atoms with Crippen LogP contribution in [0.15, 0.2) is 54.7 Å². The van der Waals surface area contributed by atoms with E-state index < -0.39 is 0 Å². The van der Waals surface area contributed by atoms with Crippen LogP contribution < -0.4 is 16.0 Å². The van der Waals surface area contributed by atoms with Crippen molar-refractivity contribution >= 4 is 17.4 Å². The van der Waals surface area contributed by atoms with Crippen molar-refractivity contribution in [2.24, 2.45) is 5.92 Å². The number of rotatable bonds is 4. The van der Waals surface area contributed by atoms with Crippen LogP contribution in [-0.4, -0.2) is 36.7 Å². The number of morpholine rings is 1. The van der Waals surface area contributed by atoms with Crippen molar-refractivity contribution in [2.75, 3.05) is 30.3 Å². The molecule has 5 rings (SSSR count). The van der Waals surface area contributed by atoms with Gasteiger partial charge in [-0.15, -0.1) is 0 Å². The molecule has 3 heterocycles. The molecule has 2 aromatic carbocycles. The summed E-state index contributed by atoms with van der Waals surface area (Å²) in [6.45, 7) is 7.55. The van der Waals surface area contributed by atoms with Crippen LogP contribution in [0.1, 0.15) is 29.8 Å². The number of aromatic nitrogens is 1. The number of hydrogen-bond donors (Lipinski definition) is 2. The van der Waals surface area contributed by atoms with Crippen molar-refractivity contribution in [3.8, 4) is 22.3 Å². The second-order valence-electron chi connectivity index (χ2n) is 8.86. The molecule has 0 bridgehead atoms. The number of pyridine rings is 1. The Morgan fingerprint density at radius 3 is 2.62 bits per heavy atom. The molecule has 3 aromatic rings. The molecule has 6 nitrogen and oxygen atoms in total. The van der Waals surface area contributed by atoms with Gasteiger partial charge in [-0.1, -0.05) is 32.0 Å². The Morgan fingerprint density at radius 2 is 1.84 bits per heavy atom. The van der Waals surface area contributed by atoms with E-state index in [0.29, 0.717) is 18.3 Å². The highest BCUT2D eigenvalue weighted by Crippen LogP contribution is 2.32. The maximum absolute atomic E-state index is 11.9. The molecule has 0 spiro atoms.